The molecule has 0 amide bonds. The maximum atomic E-state index is 5.39. The first kappa shape index (κ1) is 19.3. The third-order valence-electron chi connectivity index (χ3n) is 4.37. The third kappa shape index (κ3) is 4.52. The highest BCUT2D eigenvalue weighted by molar-refractivity contribution is 5.85. The molecule has 0 bridgehead atoms. The molecule has 1 aromatic carbocycles. The van der Waals surface area contributed by atoms with Gasteiger partial charge in [0.05, 0.1) is 14.2 Å². The van der Waals surface area contributed by atoms with Gasteiger partial charge in [-0.15, -0.1) is 12.4 Å². The van der Waals surface area contributed by atoms with Crippen LogP contribution in [-0.4, -0.2) is 54.8 Å². The second-order valence-electron chi connectivity index (χ2n) is 6.02. The summed E-state index contributed by atoms with van der Waals surface area (Å²) >= 11 is 0. The number of nitrogens with zero attached hydrogens (tertiary/aromatic N) is 4. The number of anilines is 1. The SMILES string of the molecule is COc1ccc(CN2CCN(c3ncccn3)C(C)C2)cc1OC.Cl. The fourth-order valence-electron chi connectivity index (χ4n) is 3.15. The van der Waals surface area contributed by atoms with Crippen LogP contribution in [-0.2, 0) is 6.54 Å². The Morgan fingerprint density at radius 2 is 1.80 bits per heavy atom. The maximum absolute atomic E-state index is 5.39. The van der Waals surface area contributed by atoms with Gasteiger partial charge in [-0.3, -0.25) is 4.90 Å². The standard InChI is InChI=1S/C18H24N4O2.ClH/c1-14-12-21(9-10-22(14)18-19-7-4-8-20-18)13-15-5-6-16(23-2)17(11-15)24-3;/h4-8,11,14H,9-10,12-13H2,1-3H3;1H. The molecule has 0 aliphatic carbocycles. The van der Waals surface area contributed by atoms with Crippen molar-refractivity contribution in [1.82, 2.24) is 14.9 Å². The quantitative estimate of drug-likeness (QED) is 0.813. The lowest BCUT2D eigenvalue weighted by Crippen LogP contribution is -2.52. The van der Waals surface area contributed by atoms with Crippen LogP contribution in [0, 0.1) is 0 Å². The van der Waals surface area contributed by atoms with E-state index in [9.17, 15) is 0 Å². The van der Waals surface area contributed by atoms with Crippen molar-refractivity contribution in [3.63, 3.8) is 0 Å². The highest BCUT2D eigenvalue weighted by Crippen LogP contribution is 2.28. The van der Waals surface area contributed by atoms with Crippen molar-refractivity contribution >= 4 is 18.4 Å². The van der Waals surface area contributed by atoms with Gasteiger partial charge in [0.25, 0.3) is 0 Å². The monoisotopic (exact) mass is 364 g/mol. The van der Waals surface area contributed by atoms with E-state index >= 15 is 0 Å². The van der Waals surface area contributed by atoms with E-state index in [1.165, 1.54) is 5.56 Å². The second kappa shape index (κ2) is 8.87. The van der Waals surface area contributed by atoms with Gasteiger partial charge in [-0.25, -0.2) is 9.97 Å². The minimum Gasteiger partial charge on any atom is -0.493 e. The predicted molar refractivity (Wildman–Crippen MR) is 101 cm³/mol. The number of hydrogen-bond acceptors (Lipinski definition) is 6. The first-order valence-electron chi connectivity index (χ1n) is 8.18. The number of halogens is 1. The van der Waals surface area contributed by atoms with Gasteiger partial charge in [0.15, 0.2) is 11.5 Å². The van der Waals surface area contributed by atoms with Crippen LogP contribution in [0.5, 0.6) is 11.5 Å². The van der Waals surface area contributed by atoms with Gasteiger partial charge in [-0.1, -0.05) is 6.07 Å². The molecule has 0 spiro atoms. The number of hydrogen-bond donors (Lipinski definition) is 0. The van der Waals surface area contributed by atoms with Crippen molar-refractivity contribution in [2.45, 2.75) is 19.5 Å². The van der Waals surface area contributed by atoms with Gasteiger partial charge in [-0.2, -0.15) is 0 Å². The number of ether oxygens (including phenoxy) is 2. The summed E-state index contributed by atoms with van der Waals surface area (Å²) < 4.78 is 10.7. The Kier molecular flexibility index (Phi) is 6.84. The number of aromatic nitrogens is 2. The Morgan fingerprint density at radius 3 is 2.44 bits per heavy atom. The van der Waals surface area contributed by atoms with Crippen LogP contribution in [0.15, 0.2) is 36.7 Å². The summed E-state index contributed by atoms with van der Waals surface area (Å²) in [5.74, 6) is 2.36. The van der Waals surface area contributed by atoms with Crippen molar-refractivity contribution < 1.29 is 9.47 Å². The normalized spacial score (nSPS) is 17.7. The highest BCUT2D eigenvalue weighted by atomic mass is 35.5. The second-order valence-corrected chi connectivity index (χ2v) is 6.02. The first-order valence-corrected chi connectivity index (χ1v) is 8.18. The molecule has 1 unspecified atom stereocenters. The summed E-state index contributed by atoms with van der Waals surface area (Å²) in [7, 11) is 3.33. The van der Waals surface area contributed by atoms with E-state index in [-0.39, 0.29) is 12.4 Å². The van der Waals surface area contributed by atoms with Crippen molar-refractivity contribution in [1.29, 1.82) is 0 Å². The largest absolute Gasteiger partial charge is 0.493 e. The lowest BCUT2D eigenvalue weighted by Gasteiger charge is -2.39. The van der Waals surface area contributed by atoms with E-state index in [0.717, 1.165) is 43.6 Å². The molecule has 1 aromatic heterocycles. The van der Waals surface area contributed by atoms with Gasteiger partial charge in [0, 0.05) is 44.6 Å². The van der Waals surface area contributed by atoms with Gasteiger partial charge >= 0.3 is 0 Å². The molecule has 7 heteroatoms. The average Bonchev–Trinajstić information content (AvgIpc) is 2.62. The van der Waals surface area contributed by atoms with Crippen LogP contribution in [0.3, 0.4) is 0 Å². The molecule has 3 rings (SSSR count). The summed E-state index contributed by atoms with van der Waals surface area (Å²) in [4.78, 5) is 13.5. The minimum atomic E-state index is 0. The van der Waals surface area contributed by atoms with Gasteiger partial charge < -0.3 is 14.4 Å². The van der Waals surface area contributed by atoms with Crippen molar-refractivity contribution in [2.24, 2.45) is 0 Å². The van der Waals surface area contributed by atoms with Gasteiger partial charge in [-0.05, 0) is 30.7 Å². The lowest BCUT2D eigenvalue weighted by atomic mass is 10.1. The highest BCUT2D eigenvalue weighted by Gasteiger charge is 2.25. The molecule has 25 heavy (non-hydrogen) atoms. The number of piperazine rings is 1. The minimum absolute atomic E-state index is 0. The zero-order valence-corrected chi connectivity index (χ0v) is 15.7. The summed E-state index contributed by atoms with van der Waals surface area (Å²) in [6.07, 6.45) is 3.59. The molecule has 6 nitrogen and oxygen atoms in total. The number of rotatable bonds is 5. The molecule has 1 aliphatic rings. The Morgan fingerprint density at radius 1 is 1.08 bits per heavy atom. The lowest BCUT2D eigenvalue weighted by molar-refractivity contribution is 0.219. The fraction of sp³-hybridized carbons (Fsp3) is 0.444. The summed E-state index contributed by atoms with van der Waals surface area (Å²) in [5, 5.41) is 0. The number of methoxy groups -OCH3 is 2. The van der Waals surface area contributed by atoms with Crippen molar-refractivity contribution in [3.05, 3.63) is 42.2 Å². The molecule has 0 saturated carbocycles. The topological polar surface area (TPSA) is 50.7 Å². The maximum Gasteiger partial charge on any atom is 0.225 e. The number of benzene rings is 1. The Hall–Kier alpha value is -2.05. The Bertz CT molecular complexity index is 671. The van der Waals surface area contributed by atoms with Crippen LogP contribution in [0.4, 0.5) is 5.95 Å². The summed E-state index contributed by atoms with van der Waals surface area (Å²) in [6.45, 7) is 6.01. The van der Waals surface area contributed by atoms with Crippen molar-refractivity contribution in [3.8, 4) is 11.5 Å². The molecule has 0 N–H and O–H groups in total. The van der Waals surface area contributed by atoms with E-state index < -0.39 is 0 Å². The molecule has 136 valence electrons. The average molecular weight is 365 g/mol. The molecule has 2 aromatic rings. The zero-order valence-electron chi connectivity index (χ0n) is 14.9. The van der Waals surface area contributed by atoms with Crippen molar-refractivity contribution in [2.75, 3.05) is 38.8 Å². The Labute approximate surface area is 155 Å². The Balaban J connectivity index is 0.00000225. The van der Waals surface area contributed by atoms with E-state index in [4.69, 9.17) is 9.47 Å². The molecule has 1 aliphatic heterocycles. The van der Waals surface area contributed by atoms with E-state index in [0.29, 0.717) is 6.04 Å². The smallest absolute Gasteiger partial charge is 0.225 e. The summed E-state index contributed by atoms with van der Waals surface area (Å²) in [5.41, 5.74) is 1.23. The molecule has 1 saturated heterocycles. The predicted octanol–water partition coefficient (Wildman–Crippen LogP) is 2.63. The third-order valence-corrected chi connectivity index (χ3v) is 4.37. The van der Waals surface area contributed by atoms with Crippen LogP contribution in [0.2, 0.25) is 0 Å². The first-order chi connectivity index (χ1) is 11.7. The van der Waals surface area contributed by atoms with E-state index in [1.54, 1.807) is 26.6 Å². The van der Waals surface area contributed by atoms with E-state index in [2.05, 4.69) is 38.8 Å². The molecular weight excluding hydrogens is 340 g/mol. The molecule has 1 fully saturated rings. The van der Waals surface area contributed by atoms with Crippen LogP contribution in [0.25, 0.3) is 0 Å². The van der Waals surface area contributed by atoms with Crippen LogP contribution < -0.4 is 14.4 Å². The molecule has 0 radical (unpaired) electrons. The fourth-order valence-corrected chi connectivity index (χ4v) is 3.15. The molecular formula is C18H25ClN4O2. The van der Waals surface area contributed by atoms with E-state index in [1.807, 2.05) is 12.1 Å². The van der Waals surface area contributed by atoms with Crippen LogP contribution >= 0.6 is 12.4 Å². The summed E-state index contributed by atoms with van der Waals surface area (Å²) in [6, 6.07) is 8.34. The van der Waals surface area contributed by atoms with Crippen LogP contribution in [0.1, 0.15) is 12.5 Å². The van der Waals surface area contributed by atoms with Gasteiger partial charge in [0.1, 0.15) is 0 Å². The van der Waals surface area contributed by atoms with Gasteiger partial charge in [0.2, 0.25) is 5.95 Å². The molecule has 1 atom stereocenters. The zero-order chi connectivity index (χ0) is 16.9. The molecule has 2 heterocycles.